The van der Waals surface area contributed by atoms with E-state index in [0.717, 1.165) is 0 Å². The normalized spacial score (nSPS) is 10.6. The Labute approximate surface area is 106 Å². The number of hydrogen-bond donors (Lipinski definition) is 1. The Kier molecular flexibility index (Phi) is 4.16. The van der Waals surface area contributed by atoms with E-state index in [0.29, 0.717) is 5.56 Å². The van der Waals surface area contributed by atoms with Crippen LogP contribution in [-0.4, -0.2) is 23.2 Å². The van der Waals surface area contributed by atoms with Gasteiger partial charge in [-0.3, -0.25) is 9.59 Å². The van der Waals surface area contributed by atoms with Crippen LogP contribution < -0.4 is 5.32 Å². The summed E-state index contributed by atoms with van der Waals surface area (Å²) in [5, 5.41) is 11.1. The second kappa shape index (κ2) is 5.41. The van der Waals surface area contributed by atoms with Crippen molar-refractivity contribution in [2.24, 2.45) is 5.41 Å². The SMILES string of the molecule is CC(C)(C)C(=O)CNC(=O)c1ccc(C#N)cn1. The summed E-state index contributed by atoms with van der Waals surface area (Å²) < 4.78 is 0. The lowest BCUT2D eigenvalue weighted by Gasteiger charge is -2.16. The zero-order valence-corrected chi connectivity index (χ0v) is 10.7. The smallest absolute Gasteiger partial charge is 0.270 e. The molecule has 0 bridgehead atoms. The Balaban J connectivity index is 2.61. The van der Waals surface area contributed by atoms with Crippen LogP contribution >= 0.6 is 0 Å². The van der Waals surface area contributed by atoms with E-state index in [2.05, 4.69) is 10.3 Å². The first-order valence-corrected chi connectivity index (χ1v) is 5.52. The van der Waals surface area contributed by atoms with E-state index in [1.54, 1.807) is 20.8 Å². The number of amides is 1. The van der Waals surface area contributed by atoms with E-state index in [4.69, 9.17) is 5.26 Å². The minimum absolute atomic E-state index is 0.0238. The summed E-state index contributed by atoms with van der Waals surface area (Å²) >= 11 is 0. The van der Waals surface area contributed by atoms with E-state index in [9.17, 15) is 9.59 Å². The molecule has 0 aliphatic rings. The van der Waals surface area contributed by atoms with Crippen LogP contribution in [-0.2, 0) is 4.79 Å². The van der Waals surface area contributed by atoms with Crippen LogP contribution in [0.4, 0.5) is 0 Å². The summed E-state index contributed by atoms with van der Waals surface area (Å²) in [6.07, 6.45) is 1.32. The third-order valence-corrected chi connectivity index (χ3v) is 2.37. The predicted octanol–water partition coefficient (Wildman–Crippen LogP) is 1.30. The highest BCUT2D eigenvalue weighted by atomic mass is 16.2. The molecule has 5 heteroatoms. The Morgan fingerprint density at radius 1 is 1.39 bits per heavy atom. The van der Waals surface area contributed by atoms with Crippen LogP contribution in [0.1, 0.15) is 36.8 Å². The molecule has 0 aromatic carbocycles. The van der Waals surface area contributed by atoms with Gasteiger partial charge in [0.25, 0.3) is 5.91 Å². The second-order valence-electron chi connectivity index (χ2n) is 4.90. The van der Waals surface area contributed by atoms with Crippen molar-refractivity contribution in [3.63, 3.8) is 0 Å². The Bertz CT molecular complexity index is 492. The Morgan fingerprint density at radius 3 is 2.50 bits per heavy atom. The molecule has 0 spiro atoms. The second-order valence-corrected chi connectivity index (χ2v) is 4.90. The topological polar surface area (TPSA) is 82.9 Å². The van der Waals surface area contributed by atoms with E-state index in [-0.39, 0.29) is 18.0 Å². The molecule has 94 valence electrons. The fraction of sp³-hybridized carbons (Fsp3) is 0.385. The number of carbonyl (C=O) groups excluding carboxylic acids is 2. The van der Waals surface area contributed by atoms with Gasteiger partial charge in [-0.05, 0) is 12.1 Å². The van der Waals surface area contributed by atoms with Crippen molar-refractivity contribution in [2.45, 2.75) is 20.8 Å². The molecule has 0 atom stereocenters. The Morgan fingerprint density at radius 2 is 2.06 bits per heavy atom. The maximum Gasteiger partial charge on any atom is 0.270 e. The number of aromatic nitrogens is 1. The van der Waals surface area contributed by atoms with E-state index in [1.807, 2.05) is 6.07 Å². The van der Waals surface area contributed by atoms with Gasteiger partial charge >= 0.3 is 0 Å². The molecule has 0 saturated heterocycles. The van der Waals surface area contributed by atoms with Gasteiger partial charge in [0.1, 0.15) is 11.8 Å². The molecular formula is C13H15N3O2. The summed E-state index contributed by atoms with van der Waals surface area (Å²) in [4.78, 5) is 27.1. The van der Waals surface area contributed by atoms with Gasteiger partial charge < -0.3 is 5.32 Å². The number of nitrogens with one attached hydrogen (secondary N) is 1. The molecule has 0 unspecified atom stereocenters. The fourth-order valence-corrected chi connectivity index (χ4v) is 1.11. The summed E-state index contributed by atoms with van der Waals surface area (Å²) in [5.41, 5.74) is 0.0961. The first-order chi connectivity index (χ1) is 8.34. The van der Waals surface area contributed by atoms with Gasteiger partial charge in [0, 0.05) is 11.6 Å². The van der Waals surface area contributed by atoms with Gasteiger partial charge in [-0.2, -0.15) is 5.26 Å². The lowest BCUT2D eigenvalue weighted by atomic mass is 9.91. The number of Topliss-reactive ketones (excluding diaryl/α,β-unsaturated/α-hetero) is 1. The molecule has 0 fully saturated rings. The van der Waals surface area contributed by atoms with Gasteiger partial charge in [0.15, 0.2) is 5.78 Å². The molecule has 0 aliphatic heterocycles. The molecule has 5 nitrogen and oxygen atoms in total. The number of nitrogens with zero attached hydrogens (tertiary/aromatic N) is 2. The maximum absolute atomic E-state index is 11.7. The molecule has 1 aromatic heterocycles. The van der Waals surface area contributed by atoms with Crippen LogP contribution in [0.15, 0.2) is 18.3 Å². The van der Waals surface area contributed by atoms with Gasteiger partial charge in [-0.25, -0.2) is 4.98 Å². The largest absolute Gasteiger partial charge is 0.344 e. The number of pyridine rings is 1. The van der Waals surface area contributed by atoms with E-state index >= 15 is 0 Å². The summed E-state index contributed by atoms with van der Waals surface area (Å²) in [6.45, 7) is 5.36. The molecule has 18 heavy (non-hydrogen) atoms. The standard InChI is InChI=1S/C13H15N3O2/c1-13(2,3)11(17)8-16-12(18)10-5-4-9(6-14)7-15-10/h4-5,7H,8H2,1-3H3,(H,16,18). The van der Waals surface area contributed by atoms with Gasteiger partial charge in [0.05, 0.1) is 12.1 Å². The number of rotatable bonds is 3. The van der Waals surface area contributed by atoms with Crippen molar-refractivity contribution in [1.29, 1.82) is 5.26 Å². The summed E-state index contributed by atoms with van der Waals surface area (Å²) in [6, 6.07) is 4.88. The molecule has 1 rings (SSSR count). The number of carbonyl (C=O) groups is 2. The average Bonchev–Trinajstić information content (AvgIpc) is 2.34. The minimum atomic E-state index is -0.481. The molecule has 1 aromatic rings. The average molecular weight is 245 g/mol. The van der Waals surface area contributed by atoms with Crippen molar-refractivity contribution < 1.29 is 9.59 Å². The predicted molar refractivity (Wildman–Crippen MR) is 65.7 cm³/mol. The maximum atomic E-state index is 11.7. The number of ketones is 1. The molecule has 0 saturated carbocycles. The van der Waals surface area contributed by atoms with E-state index < -0.39 is 11.3 Å². The quantitative estimate of drug-likeness (QED) is 0.870. The van der Waals surface area contributed by atoms with Crippen LogP contribution in [0.2, 0.25) is 0 Å². The zero-order chi connectivity index (χ0) is 13.8. The molecule has 1 heterocycles. The van der Waals surface area contributed by atoms with Gasteiger partial charge in [0.2, 0.25) is 0 Å². The molecule has 1 amide bonds. The lowest BCUT2D eigenvalue weighted by Crippen LogP contribution is -2.35. The highest BCUT2D eigenvalue weighted by Crippen LogP contribution is 2.13. The summed E-state index contributed by atoms with van der Waals surface area (Å²) in [7, 11) is 0. The first-order valence-electron chi connectivity index (χ1n) is 5.52. The number of hydrogen-bond acceptors (Lipinski definition) is 4. The molecule has 0 radical (unpaired) electrons. The van der Waals surface area contributed by atoms with Crippen molar-refractivity contribution in [2.75, 3.05) is 6.54 Å². The monoisotopic (exact) mass is 245 g/mol. The van der Waals surface area contributed by atoms with Gasteiger partial charge in [-0.1, -0.05) is 20.8 Å². The van der Waals surface area contributed by atoms with Crippen LogP contribution in [0.5, 0.6) is 0 Å². The highest BCUT2D eigenvalue weighted by Gasteiger charge is 2.21. The third kappa shape index (κ3) is 3.67. The van der Waals surface area contributed by atoms with Crippen molar-refractivity contribution in [1.82, 2.24) is 10.3 Å². The van der Waals surface area contributed by atoms with Gasteiger partial charge in [-0.15, -0.1) is 0 Å². The molecule has 0 aliphatic carbocycles. The Hall–Kier alpha value is -2.22. The third-order valence-electron chi connectivity index (χ3n) is 2.37. The minimum Gasteiger partial charge on any atom is -0.344 e. The molecular weight excluding hydrogens is 230 g/mol. The zero-order valence-electron chi connectivity index (χ0n) is 10.7. The fourth-order valence-electron chi connectivity index (χ4n) is 1.11. The van der Waals surface area contributed by atoms with Crippen molar-refractivity contribution in [3.05, 3.63) is 29.6 Å². The lowest BCUT2D eigenvalue weighted by molar-refractivity contribution is -0.125. The van der Waals surface area contributed by atoms with Crippen molar-refractivity contribution >= 4 is 11.7 Å². The van der Waals surface area contributed by atoms with Crippen molar-refractivity contribution in [3.8, 4) is 6.07 Å². The summed E-state index contributed by atoms with van der Waals surface area (Å²) in [5.74, 6) is -0.471. The van der Waals surface area contributed by atoms with Crippen LogP contribution in [0, 0.1) is 16.7 Å². The van der Waals surface area contributed by atoms with Crippen LogP contribution in [0.3, 0.4) is 0 Å². The highest BCUT2D eigenvalue weighted by molar-refractivity contribution is 5.96. The van der Waals surface area contributed by atoms with Crippen LogP contribution in [0.25, 0.3) is 0 Å². The van der Waals surface area contributed by atoms with E-state index in [1.165, 1.54) is 18.3 Å². The molecule has 1 N–H and O–H groups in total. The number of nitriles is 1. The first kappa shape index (κ1) is 13.8.